The van der Waals surface area contributed by atoms with Crippen LogP contribution in [0.25, 0.3) is 0 Å². The van der Waals surface area contributed by atoms with Crippen LogP contribution in [0.5, 0.6) is 17.2 Å². The highest BCUT2D eigenvalue weighted by molar-refractivity contribution is 7.05. The molecule has 0 aliphatic carbocycles. The summed E-state index contributed by atoms with van der Waals surface area (Å²) in [4.78, 5) is 0.995. The largest absolute Gasteiger partial charge is 0.488 e. The van der Waals surface area contributed by atoms with E-state index in [1.54, 1.807) is 6.20 Å². The number of rotatable bonds is 5. The minimum Gasteiger partial charge on any atom is -0.488 e. The number of hydrogen-bond donors (Lipinski definition) is 0. The molecular formula is C15H12N2O2S. The summed E-state index contributed by atoms with van der Waals surface area (Å²) in [6.07, 6.45) is 1.71. The first-order chi connectivity index (χ1) is 9.90. The van der Waals surface area contributed by atoms with Gasteiger partial charge in [0.1, 0.15) is 23.9 Å². The highest BCUT2D eigenvalue weighted by Gasteiger charge is 2.00. The van der Waals surface area contributed by atoms with Crippen LogP contribution in [0.1, 0.15) is 4.88 Å². The van der Waals surface area contributed by atoms with Gasteiger partial charge in [-0.2, -0.15) is 0 Å². The molecule has 5 heteroatoms. The third-order valence-electron chi connectivity index (χ3n) is 2.59. The second-order valence-electron chi connectivity index (χ2n) is 4.06. The van der Waals surface area contributed by atoms with E-state index in [4.69, 9.17) is 9.47 Å². The minimum absolute atomic E-state index is 0.483. The molecule has 4 nitrogen and oxygen atoms in total. The summed E-state index contributed by atoms with van der Waals surface area (Å²) in [6, 6.07) is 17.2. The van der Waals surface area contributed by atoms with Crippen molar-refractivity contribution >= 4 is 11.5 Å². The fourth-order valence-electron chi connectivity index (χ4n) is 1.63. The van der Waals surface area contributed by atoms with Crippen LogP contribution in [-0.4, -0.2) is 9.59 Å². The highest BCUT2D eigenvalue weighted by atomic mass is 32.1. The van der Waals surface area contributed by atoms with Crippen LogP contribution in [0, 0.1) is 0 Å². The Morgan fingerprint density at radius 3 is 2.25 bits per heavy atom. The molecule has 0 aliphatic rings. The Hall–Kier alpha value is -2.40. The summed E-state index contributed by atoms with van der Waals surface area (Å²) in [5.74, 6) is 2.39. The molecular weight excluding hydrogens is 272 g/mol. The van der Waals surface area contributed by atoms with Crippen molar-refractivity contribution in [3.8, 4) is 17.2 Å². The topological polar surface area (TPSA) is 44.2 Å². The lowest BCUT2D eigenvalue weighted by molar-refractivity contribution is 0.309. The number of benzene rings is 2. The molecule has 0 amide bonds. The molecule has 3 aromatic rings. The van der Waals surface area contributed by atoms with E-state index in [1.807, 2.05) is 54.6 Å². The average molecular weight is 284 g/mol. The number of nitrogens with zero attached hydrogens (tertiary/aromatic N) is 2. The SMILES string of the molecule is c1ccc(Oc2ccc(OCc3cnns3)cc2)cc1. The van der Waals surface area contributed by atoms with Crippen LogP contribution < -0.4 is 9.47 Å². The molecule has 0 saturated heterocycles. The molecule has 0 aliphatic heterocycles. The quantitative estimate of drug-likeness (QED) is 0.712. The molecule has 0 fully saturated rings. The first-order valence-electron chi connectivity index (χ1n) is 6.12. The van der Waals surface area contributed by atoms with E-state index in [0.717, 1.165) is 22.1 Å². The number of aromatic nitrogens is 2. The Morgan fingerprint density at radius 1 is 0.850 bits per heavy atom. The molecule has 0 atom stereocenters. The van der Waals surface area contributed by atoms with Crippen molar-refractivity contribution in [2.45, 2.75) is 6.61 Å². The van der Waals surface area contributed by atoms with E-state index >= 15 is 0 Å². The molecule has 0 bridgehead atoms. The van der Waals surface area contributed by atoms with Gasteiger partial charge in [-0.05, 0) is 47.9 Å². The molecule has 0 saturated carbocycles. The maximum atomic E-state index is 5.71. The molecule has 0 N–H and O–H groups in total. The highest BCUT2D eigenvalue weighted by Crippen LogP contribution is 2.24. The second kappa shape index (κ2) is 6.16. The lowest BCUT2D eigenvalue weighted by atomic mass is 10.3. The predicted octanol–water partition coefficient (Wildman–Crippen LogP) is 3.91. The maximum absolute atomic E-state index is 5.71. The van der Waals surface area contributed by atoms with E-state index in [-0.39, 0.29) is 0 Å². The van der Waals surface area contributed by atoms with Crippen molar-refractivity contribution in [2.24, 2.45) is 0 Å². The zero-order valence-electron chi connectivity index (χ0n) is 10.6. The Balaban J connectivity index is 1.60. The molecule has 20 heavy (non-hydrogen) atoms. The molecule has 0 radical (unpaired) electrons. The van der Waals surface area contributed by atoms with Crippen LogP contribution >= 0.6 is 11.5 Å². The molecule has 0 spiro atoms. The Labute approximate surface area is 120 Å². The Morgan fingerprint density at radius 2 is 1.55 bits per heavy atom. The van der Waals surface area contributed by atoms with Crippen molar-refractivity contribution in [3.63, 3.8) is 0 Å². The van der Waals surface area contributed by atoms with Crippen molar-refractivity contribution in [2.75, 3.05) is 0 Å². The molecule has 3 rings (SSSR count). The van der Waals surface area contributed by atoms with Gasteiger partial charge in [0, 0.05) is 0 Å². The first-order valence-corrected chi connectivity index (χ1v) is 6.89. The van der Waals surface area contributed by atoms with Crippen molar-refractivity contribution < 1.29 is 9.47 Å². The summed E-state index contributed by atoms with van der Waals surface area (Å²) in [6.45, 7) is 0.483. The summed E-state index contributed by atoms with van der Waals surface area (Å²) >= 11 is 1.34. The fraction of sp³-hybridized carbons (Fsp3) is 0.0667. The average Bonchev–Trinajstić information content (AvgIpc) is 3.01. The normalized spacial score (nSPS) is 10.2. The van der Waals surface area contributed by atoms with Gasteiger partial charge in [0.05, 0.1) is 11.1 Å². The van der Waals surface area contributed by atoms with Crippen LogP contribution in [0.4, 0.5) is 0 Å². The number of para-hydroxylation sites is 1. The van der Waals surface area contributed by atoms with Gasteiger partial charge < -0.3 is 9.47 Å². The fourth-order valence-corrected chi connectivity index (χ4v) is 2.04. The standard InChI is InChI=1S/C15H12N2O2S/c1-2-4-13(5-3-1)19-14-8-6-12(7-9-14)18-11-15-10-16-17-20-15/h1-10H,11H2. The summed E-state index contributed by atoms with van der Waals surface area (Å²) in [5, 5.41) is 3.76. The first kappa shape index (κ1) is 12.6. The van der Waals surface area contributed by atoms with Crippen LogP contribution in [0.2, 0.25) is 0 Å². The van der Waals surface area contributed by atoms with Crippen molar-refractivity contribution in [1.29, 1.82) is 0 Å². The second-order valence-corrected chi connectivity index (χ2v) is 4.93. The Kier molecular flexibility index (Phi) is 3.89. The van der Waals surface area contributed by atoms with E-state index in [0.29, 0.717) is 6.61 Å². The monoisotopic (exact) mass is 284 g/mol. The van der Waals surface area contributed by atoms with E-state index in [9.17, 15) is 0 Å². The van der Waals surface area contributed by atoms with Gasteiger partial charge in [-0.25, -0.2) is 0 Å². The lowest BCUT2D eigenvalue weighted by Crippen LogP contribution is -1.92. The zero-order valence-corrected chi connectivity index (χ0v) is 11.4. The van der Waals surface area contributed by atoms with Gasteiger partial charge in [-0.15, -0.1) is 5.10 Å². The maximum Gasteiger partial charge on any atom is 0.127 e. The third kappa shape index (κ3) is 3.33. The number of ether oxygens (including phenoxy) is 2. The van der Waals surface area contributed by atoms with Gasteiger partial charge in [0.25, 0.3) is 0 Å². The molecule has 100 valence electrons. The summed E-state index contributed by atoms with van der Waals surface area (Å²) in [7, 11) is 0. The van der Waals surface area contributed by atoms with Gasteiger partial charge in [0.2, 0.25) is 0 Å². The zero-order chi connectivity index (χ0) is 13.6. The van der Waals surface area contributed by atoms with Crippen molar-refractivity contribution in [3.05, 3.63) is 65.7 Å². The van der Waals surface area contributed by atoms with Gasteiger partial charge in [-0.1, -0.05) is 22.7 Å². The smallest absolute Gasteiger partial charge is 0.127 e. The number of hydrogen-bond acceptors (Lipinski definition) is 5. The van der Waals surface area contributed by atoms with Gasteiger partial charge >= 0.3 is 0 Å². The van der Waals surface area contributed by atoms with Gasteiger partial charge in [-0.3, -0.25) is 0 Å². The molecule has 2 aromatic carbocycles. The summed E-state index contributed by atoms with van der Waals surface area (Å²) in [5.41, 5.74) is 0. The van der Waals surface area contributed by atoms with Crippen LogP contribution in [0.3, 0.4) is 0 Å². The van der Waals surface area contributed by atoms with Crippen molar-refractivity contribution in [1.82, 2.24) is 9.59 Å². The predicted molar refractivity (Wildman–Crippen MR) is 77.2 cm³/mol. The van der Waals surface area contributed by atoms with Crippen LogP contribution in [0.15, 0.2) is 60.8 Å². The molecule has 1 aromatic heterocycles. The Bertz CT molecular complexity index is 639. The summed E-state index contributed by atoms with van der Waals surface area (Å²) < 4.78 is 15.1. The third-order valence-corrected chi connectivity index (χ3v) is 3.22. The van der Waals surface area contributed by atoms with Crippen LogP contribution in [-0.2, 0) is 6.61 Å². The lowest BCUT2D eigenvalue weighted by Gasteiger charge is -2.07. The van der Waals surface area contributed by atoms with E-state index in [1.165, 1.54) is 11.5 Å². The van der Waals surface area contributed by atoms with Gasteiger partial charge in [0.15, 0.2) is 0 Å². The van der Waals surface area contributed by atoms with E-state index < -0.39 is 0 Å². The molecule has 1 heterocycles. The minimum atomic E-state index is 0.483. The molecule has 0 unspecified atom stereocenters. The van der Waals surface area contributed by atoms with E-state index in [2.05, 4.69) is 9.59 Å².